The molecule has 2 N–H and O–H groups in total. The molecule has 2 aromatic heterocycles. The Labute approximate surface area is 139 Å². The number of likely N-dealkylation sites (tertiary alicyclic amines) is 1. The molecule has 0 saturated carbocycles. The van der Waals surface area contributed by atoms with E-state index in [0.29, 0.717) is 17.3 Å². The van der Waals surface area contributed by atoms with Crippen molar-refractivity contribution in [2.45, 2.75) is 38.4 Å². The zero-order valence-electron chi connectivity index (χ0n) is 13.9. The first-order valence-electron chi connectivity index (χ1n) is 7.89. The monoisotopic (exact) mass is 331 g/mol. The lowest BCUT2D eigenvalue weighted by atomic mass is 10.1. The van der Waals surface area contributed by atoms with E-state index in [-0.39, 0.29) is 24.2 Å². The summed E-state index contributed by atoms with van der Waals surface area (Å²) in [6.07, 6.45) is 5.45. The lowest BCUT2D eigenvalue weighted by molar-refractivity contribution is 0.234. The third kappa shape index (κ3) is 3.67. The first kappa shape index (κ1) is 16.3. The van der Waals surface area contributed by atoms with E-state index in [0.717, 1.165) is 13.0 Å². The van der Waals surface area contributed by atoms with Crippen molar-refractivity contribution in [3.63, 3.8) is 0 Å². The quantitative estimate of drug-likeness (QED) is 0.859. The van der Waals surface area contributed by atoms with Gasteiger partial charge in [-0.1, -0.05) is 5.16 Å². The van der Waals surface area contributed by atoms with Gasteiger partial charge in [-0.15, -0.1) is 0 Å². The molecule has 1 aliphatic heterocycles. The molecule has 1 saturated heterocycles. The molecule has 0 radical (unpaired) electrons. The number of nitrogens with one attached hydrogen (secondary N) is 2. The average molecular weight is 331 g/mol. The molecular weight excluding hydrogens is 310 g/mol. The van der Waals surface area contributed by atoms with Crippen LogP contribution in [0.1, 0.15) is 32.2 Å². The van der Waals surface area contributed by atoms with Gasteiger partial charge >= 0.3 is 6.03 Å². The Hall–Kier alpha value is -2.55. The smallest absolute Gasteiger partial charge is 0.315 e. The van der Waals surface area contributed by atoms with Gasteiger partial charge in [-0.25, -0.2) is 14.8 Å². The van der Waals surface area contributed by atoms with Crippen LogP contribution < -0.4 is 10.6 Å². The summed E-state index contributed by atoms with van der Waals surface area (Å²) >= 11 is 0. The minimum Gasteiger partial charge on any atom is -0.337 e. The summed E-state index contributed by atoms with van der Waals surface area (Å²) in [6.45, 7) is 4.58. The number of carbonyl (C=O) groups excluding carboxylic acids is 1. The van der Waals surface area contributed by atoms with Crippen molar-refractivity contribution in [3.8, 4) is 11.4 Å². The van der Waals surface area contributed by atoms with E-state index in [9.17, 15) is 4.79 Å². The van der Waals surface area contributed by atoms with Crippen molar-refractivity contribution in [3.05, 3.63) is 24.6 Å². The molecule has 24 heavy (non-hydrogen) atoms. The Morgan fingerprint density at radius 1 is 1.38 bits per heavy atom. The van der Waals surface area contributed by atoms with Crippen LogP contribution in [0.3, 0.4) is 0 Å². The highest BCUT2D eigenvalue weighted by molar-refractivity contribution is 5.74. The summed E-state index contributed by atoms with van der Waals surface area (Å²) in [5, 5.41) is 9.81. The van der Waals surface area contributed by atoms with Crippen LogP contribution in [0.2, 0.25) is 0 Å². The van der Waals surface area contributed by atoms with Crippen LogP contribution in [0.15, 0.2) is 23.2 Å². The summed E-state index contributed by atoms with van der Waals surface area (Å²) in [6, 6.07) is -0.0439. The van der Waals surface area contributed by atoms with Gasteiger partial charge in [0.15, 0.2) is 0 Å². The Bertz CT molecular complexity index is 688. The maximum atomic E-state index is 11.8. The first-order valence-corrected chi connectivity index (χ1v) is 7.89. The van der Waals surface area contributed by atoms with Crippen molar-refractivity contribution in [2.24, 2.45) is 0 Å². The highest BCUT2D eigenvalue weighted by atomic mass is 16.5. The van der Waals surface area contributed by atoms with E-state index < -0.39 is 0 Å². The van der Waals surface area contributed by atoms with Crippen LogP contribution in [-0.4, -0.2) is 56.7 Å². The second-order valence-corrected chi connectivity index (χ2v) is 6.24. The number of hydrogen-bond donors (Lipinski definition) is 2. The van der Waals surface area contributed by atoms with E-state index in [4.69, 9.17) is 4.52 Å². The molecule has 2 atom stereocenters. The molecule has 2 aromatic rings. The largest absolute Gasteiger partial charge is 0.337 e. The highest BCUT2D eigenvalue weighted by Gasteiger charge is 2.35. The number of aromatic nitrogens is 4. The van der Waals surface area contributed by atoms with Crippen molar-refractivity contribution >= 4 is 6.03 Å². The molecule has 1 aliphatic rings. The van der Waals surface area contributed by atoms with Gasteiger partial charge in [0.25, 0.3) is 0 Å². The van der Waals surface area contributed by atoms with Crippen LogP contribution in [-0.2, 0) is 0 Å². The molecule has 2 amide bonds. The van der Waals surface area contributed by atoms with E-state index >= 15 is 0 Å². The van der Waals surface area contributed by atoms with Crippen LogP contribution in [0.25, 0.3) is 11.4 Å². The SMILES string of the molecule is CC(C)NC(=O)NC1CC(c2nc(-c3cncnc3)no2)N(C)C1. The van der Waals surface area contributed by atoms with Gasteiger partial charge in [-0.05, 0) is 27.3 Å². The van der Waals surface area contributed by atoms with Gasteiger partial charge in [0.2, 0.25) is 11.7 Å². The summed E-state index contributed by atoms with van der Waals surface area (Å²) in [4.78, 5) is 26.3. The standard InChI is InChI=1S/C15H21N7O2/c1-9(2)18-15(23)19-11-4-12(22(3)7-11)14-20-13(21-24-14)10-5-16-8-17-6-10/h5-6,8-9,11-12H,4,7H2,1-3H3,(H2,18,19,23). The lowest BCUT2D eigenvalue weighted by Gasteiger charge is -2.15. The molecule has 2 unspecified atom stereocenters. The fourth-order valence-corrected chi connectivity index (χ4v) is 2.78. The van der Waals surface area contributed by atoms with Crippen LogP contribution in [0.5, 0.6) is 0 Å². The zero-order chi connectivity index (χ0) is 17.1. The highest BCUT2D eigenvalue weighted by Crippen LogP contribution is 2.30. The van der Waals surface area contributed by atoms with Crippen molar-refractivity contribution < 1.29 is 9.32 Å². The molecule has 3 rings (SSSR count). The summed E-state index contributed by atoms with van der Waals surface area (Å²) in [5.41, 5.74) is 0.708. The number of amides is 2. The van der Waals surface area contributed by atoms with Gasteiger partial charge < -0.3 is 15.2 Å². The van der Waals surface area contributed by atoms with Gasteiger partial charge in [0, 0.05) is 31.0 Å². The Kier molecular flexibility index (Phi) is 4.70. The van der Waals surface area contributed by atoms with Crippen LogP contribution in [0, 0.1) is 0 Å². The Morgan fingerprint density at radius 2 is 2.12 bits per heavy atom. The van der Waals surface area contributed by atoms with Crippen LogP contribution >= 0.6 is 0 Å². The number of hydrogen-bond acceptors (Lipinski definition) is 7. The normalized spacial score (nSPS) is 21.2. The van der Waals surface area contributed by atoms with E-state index in [1.165, 1.54) is 6.33 Å². The Morgan fingerprint density at radius 3 is 2.83 bits per heavy atom. The minimum atomic E-state index is -0.156. The fraction of sp³-hybridized carbons (Fsp3) is 0.533. The molecule has 0 aromatic carbocycles. The number of nitrogens with zero attached hydrogens (tertiary/aromatic N) is 5. The maximum Gasteiger partial charge on any atom is 0.315 e. The second-order valence-electron chi connectivity index (χ2n) is 6.24. The van der Waals surface area contributed by atoms with E-state index in [2.05, 4.69) is 35.6 Å². The summed E-state index contributed by atoms with van der Waals surface area (Å²) in [7, 11) is 1.97. The van der Waals surface area contributed by atoms with Gasteiger partial charge in [-0.2, -0.15) is 4.98 Å². The molecule has 0 aliphatic carbocycles. The summed E-state index contributed by atoms with van der Waals surface area (Å²) < 4.78 is 5.40. The van der Waals surface area contributed by atoms with E-state index in [1.807, 2.05) is 20.9 Å². The predicted molar refractivity (Wildman–Crippen MR) is 85.9 cm³/mol. The van der Waals surface area contributed by atoms with Crippen molar-refractivity contribution in [1.29, 1.82) is 0 Å². The number of urea groups is 1. The molecular formula is C15H21N7O2. The topological polar surface area (TPSA) is 109 Å². The molecule has 3 heterocycles. The lowest BCUT2D eigenvalue weighted by Crippen LogP contribution is -2.45. The van der Waals surface area contributed by atoms with Gasteiger partial charge in [0.1, 0.15) is 6.33 Å². The molecule has 1 fully saturated rings. The Balaban J connectivity index is 1.65. The first-order chi connectivity index (χ1) is 11.5. The number of likely N-dealkylation sites (N-methyl/N-ethyl adjacent to an activating group) is 1. The van der Waals surface area contributed by atoms with Crippen LogP contribution in [0.4, 0.5) is 4.79 Å². The molecule has 9 nitrogen and oxygen atoms in total. The maximum absolute atomic E-state index is 11.8. The second kappa shape index (κ2) is 6.91. The molecule has 128 valence electrons. The number of carbonyl (C=O) groups is 1. The van der Waals surface area contributed by atoms with Crippen molar-refractivity contribution in [2.75, 3.05) is 13.6 Å². The fourth-order valence-electron chi connectivity index (χ4n) is 2.78. The molecule has 9 heteroatoms. The minimum absolute atomic E-state index is 0.0276. The summed E-state index contributed by atoms with van der Waals surface area (Å²) in [5.74, 6) is 0.998. The zero-order valence-corrected chi connectivity index (χ0v) is 13.9. The predicted octanol–water partition coefficient (Wildman–Crippen LogP) is 0.979. The van der Waals surface area contributed by atoms with Gasteiger partial charge in [-0.3, -0.25) is 4.90 Å². The third-order valence-electron chi connectivity index (χ3n) is 3.85. The van der Waals surface area contributed by atoms with Gasteiger partial charge in [0.05, 0.1) is 11.6 Å². The molecule has 0 spiro atoms. The third-order valence-corrected chi connectivity index (χ3v) is 3.85. The molecule has 0 bridgehead atoms. The average Bonchev–Trinajstić information content (AvgIpc) is 3.14. The van der Waals surface area contributed by atoms with E-state index in [1.54, 1.807) is 12.4 Å². The van der Waals surface area contributed by atoms with Crippen molar-refractivity contribution in [1.82, 2.24) is 35.6 Å². The number of rotatable bonds is 4.